The predicted octanol–water partition coefficient (Wildman–Crippen LogP) is 4.20. The third kappa shape index (κ3) is 4.30. The summed E-state index contributed by atoms with van der Waals surface area (Å²) in [5.74, 6) is -0.0143. The first-order chi connectivity index (χ1) is 16.9. The summed E-state index contributed by atoms with van der Waals surface area (Å²) < 4.78 is 16.5. The average Bonchev–Trinajstić information content (AvgIpc) is 3.29. The summed E-state index contributed by atoms with van der Waals surface area (Å²) in [5.41, 5.74) is 4.08. The molecule has 35 heavy (non-hydrogen) atoms. The molecule has 5 aromatic rings. The summed E-state index contributed by atoms with van der Waals surface area (Å²) in [7, 11) is 0. The van der Waals surface area contributed by atoms with Gasteiger partial charge in [-0.1, -0.05) is 48.2 Å². The standard InChI is InChI=1S/C26H22FN5O2S/c1-16-6-5-9-21(17(16)2)31-24(34)20-7-3-4-8-22(20)32-25(31)29-30-26(32)35-15-23(33)28-14-18-10-12-19(27)13-11-18/h3-13H,14-15H2,1-2H3,(H,28,33). The Labute approximate surface area is 204 Å². The number of fused-ring (bicyclic) bond motifs is 3. The van der Waals surface area contributed by atoms with Crippen molar-refractivity contribution < 1.29 is 9.18 Å². The van der Waals surface area contributed by atoms with Crippen molar-refractivity contribution in [2.75, 3.05) is 5.75 Å². The van der Waals surface area contributed by atoms with Crippen molar-refractivity contribution in [2.45, 2.75) is 25.5 Å². The first-order valence-corrected chi connectivity index (χ1v) is 12.0. The minimum Gasteiger partial charge on any atom is -0.351 e. The lowest BCUT2D eigenvalue weighted by atomic mass is 10.1. The molecule has 1 N–H and O–H groups in total. The van der Waals surface area contributed by atoms with Crippen molar-refractivity contribution in [2.24, 2.45) is 0 Å². The molecule has 0 atom stereocenters. The minimum atomic E-state index is -0.319. The molecule has 0 spiro atoms. The summed E-state index contributed by atoms with van der Waals surface area (Å²) in [6, 6.07) is 19.1. The highest BCUT2D eigenvalue weighted by atomic mass is 32.2. The molecular weight excluding hydrogens is 465 g/mol. The Hall–Kier alpha value is -3.98. The van der Waals surface area contributed by atoms with Gasteiger partial charge in [-0.05, 0) is 60.9 Å². The number of nitrogens with one attached hydrogen (secondary N) is 1. The molecule has 0 aliphatic heterocycles. The van der Waals surface area contributed by atoms with Gasteiger partial charge in [-0.15, -0.1) is 10.2 Å². The number of thioether (sulfide) groups is 1. The maximum atomic E-state index is 13.5. The highest BCUT2D eigenvalue weighted by Crippen LogP contribution is 2.25. The maximum absolute atomic E-state index is 13.5. The number of para-hydroxylation sites is 1. The van der Waals surface area contributed by atoms with Gasteiger partial charge in [-0.25, -0.2) is 8.96 Å². The molecule has 0 unspecified atom stereocenters. The second-order valence-electron chi connectivity index (χ2n) is 8.19. The summed E-state index contributed by atoms with van der Waals surface area (Å²) in [6.45, 7) is 4.27. The number of halogens is 1. The maximum Gasteiger partial charge on any atom is 0.267 e. The van der Waals surface area contributed by atoms with E-state index in [0.29, 0.717) is 28.4 Å². The predicted molar refractivity (Wildman–Crippen MR) is 135 cm³/mol. The number of aromatic nitrogens is 4. The van der Waals surface area contributed by atoms with Gasteiger partial charge in [0.1, 0.15) is 5.82 Å². The summed E-state index contributed by atoms with van der Waals surface area (Å²) in [6.07, 6.45) is 0. The Morgan fingerprint density at radius 2 is 1.77 bits per heavy atom. The van der Waals surface area contributed by atoms with Crippen LogP contribution >= 0.6 is 11.8 Å². The Balaban J connectivity index is 1.50. The highest BCUT2D eigenvalue weighted by molar-refractivity contribution is 7.99. The van der Waals surface area contributed by atoms with Crippen LogP contribution in [0.5, 0.6) is 0 Å². The lowest BCUT2D eigenvalue weighted by Crippen LogP contribution is -2.25. The van der Waals surface area contributed by atoms with Gasteiger partial charge in [-0.3, -0.25) is 14.0 Å². The Morgan fingerprint density at radius 3 is 2.57 bits per heavy atom. The molecule has 7 nitrogen and oxygen atoms in total. The highest BCUT2D eigenvalue weighted by Gasteiger charge is 2.19. The van der Waals surface area contributed by atoms with Crippen LogP contribution in [0.4, 0.5) is 4.39 Å². The molecule has 176 valence electrons. The van der Waals surface area contributed by atoms with Crippen molar-refractivity contribution >= 4 is 34.3 Å². The van der Waals surface area contributed by atoms with E-state index < -0.39 is 0 Å². The van der Waals surface area contributed by atoms with Crippen molar-refractivity contribution in [3.05, 3.63) is 99.6 Å². The van der Waals surface area contributed by atoms with E-state index in [0.717, 1.165) is 22.4 Å². The normalized spacial score (nSPS) is 11.3. The molecule has 2 aromatic heterocycles. The molecular formula is C26H22FN5O2S. The molecule has 0 saturated carbocycles. The lowest BCUT2D eigenvalue weighted by Gasteiger charge is -2.14. The van der Waals surface area contributed by atoms with E-state index in [1.165, 1.54) is 23.9 Å². The zero-order valence-corrected chi connectivity index (χ0v) is 20.0. The molecule has 0 fully saturated rings. The topological polar surface area (TPSA) is 81.3 Å². The molecule has 9 heteroatoms. The lowest BCUT2D eigenvalue weighted by molar-refractivity contribution is -0.118. The number of rotatable bonds is 6. The minimum absolute atomic E-state index is 0.110. The molecule has 0 bridgehead atoms. The second-order valence-corrected chi connectivity index (χ2v) is 9.13. The van der Waals surface area contributed by atoms with Crippen molar-refractivity contribution in [3.63, 3.8) is 0 Å². The van der Waals surface area contributed by atoms with Gasteiger partial charge >= 0.3 is 0 Å². The van der Waals surface area contributed by atoms with Crippen LogP contribution in [0.2, 0.25) is 0 Å². The Morgan fingerprint density at radius 1 is 1.00 bits per heavy atom. The van der Waals surface area contributed by atoms with E-state index >= 15 is 0 Å². The average molecular weight is 488 g/mol. The van der Waals surface area contributed by atoms with Crippen LogP contribution in [0.15, 0.2) is 76.7 Å². The molecule has 0 saturated heterocycles. The van der Waals surface area contributed by atoms with Crippen LogP contribution in [0.3, 0.4) is 0 Å². The molecule has 3 aromatic carbocycles. The summed E-state index contributed by atoms with van der Waals surface area (Å²) in [4.78, 5) is 26.0. The van der Waals surface area contributed by atoms with Gasteiger partial charge in [0.05, 0.1) is 22.3 Å². The van der Waals surface area contributed by atoms with Gasteiger partial charge in [0.2, 0.25) is 11.7 Å². The fourth-order valence-corrected chi connectivity index (χ4v) is 4.72. The summed E-state index contributed by atoms with van der Waals surface area (Å²) >= 11 is 1.24. The van der Waals surface area contributed by atoms with Gasteiger partial charge in [0.15, 0.2) is 5.16 Å². The molecule has 5 rings (SSSR count). The number of carbonyl (C=O) groups excluding carboxylic acids is 1. The van der Waals surface area contributed by atoms with Gasteiger partial charge in [0.25, 0.3) is 5.56 Å². The Kier molecular flexibility index (Phi) is 6.08. The zero-order chi connectivity index (χ0) is 24.5. The number of nitrogens with zero attached hydrogens (tertiary/aromatic N) is 4. The van der Waals surface area contributed by atoms with E-state index in [4.69, 9.17) is 0 Å². The molecule has 0 radical (unpaired) electrons. The first-order valence-electron chi connectivity index (χ1n) is 11.0. The number of aryl methyl sites for hydroxylation is 1. The first kappa shape index (κ1) is 22.8. The van der Waals surface area contributed by atoms with Crippen molar-refractivity contribution in [3.8, 4) is 5.69 Å². The number of hydrogen-bond donors (Lipinski definition) is 1. The number of carbonyl (C=O) groups is 1. The van der Waals surface area contributed by atoms with E-state index in [2.05, 4.69) is 15.5 Å². The zero-order valence-electron chi connectivity index (χ0n) is 19.2. The van der Waals surface area contributed by atoms with Gasteiger partial charge in [0, 0.05) is 6.54 Å². The Bertz CT molecular complexity index is 1630. The van der Waals surface area contributed by atoms with E-state index in [-0.39, 0.29) is 23.0 Å². The second kappa shape index (κ2) is 9.34. The van der Waals surface area contributed by atoms with Crippen LogP contribution in [0.1, 0.15) is 16.7 Å². The van der Waals surface area contributed by atoms with E-state index in [1.807, 2.05) is 54.6 Å². The van der Waals surface area contributed by atoms with E-state index in [9.17, 15) is 14.0 Å². The third-order valence-electron chi connectivity index (χ3n) is 5.95. The van der Waals surface area contributed by atoms with Crippen LogP contribution in [0.25, 0.3) is 22.4 Å². The number of amides is 1. The van der Waals surface area contributed by atoms with E-state index in [1.54, 1.807) is 22.8 Å². The monoisotopic (exact) mass is 487 g/mol. The van der Waals surface area contributed by atoms with Crippen LogP contribution in [-0.4, -0.2) is 30.8 Å². The smallest absolute Gasteiger partial charge is 0.267 e. The molecule has 0 aliphatic rings. The third-order valence-corrected chi connectivity index (χ3v) is 6.88. The van der Waals surface area contributed by atoms with Gasteiger partial charge in [-0.2, -0.15) is 0 Å². The van der Waals surface area contributed by atoms with Crippen LogP contribution in [-0.2, 0) is 11.3 Å². The van der Waals surface area contributed by atoms with Gasteiger partial charge < -0.3 is 5.32 Å². The fraction of sp³-hybridized carbons (Fsp3) is 0.154. The number of benzene rings is 3. The van der Waals surface area contributed by atoms with Crippen LogP contribution < -0.4 is 10.9 Å². The SMILES string of the molecule is Cc1cccc(-n2c(=O)c3ccccc3n3c(SCC(=O)NCc4ccc(F)cc4)nnc23)c1C. The molecule has 0 aliphatic carbocycles. The van der Waals surface area contributed by atoms with Crippen molar-refractivity contribution in [1.82, 2.24) is 24.5 Å². The van der Waals surface area contributed by atoms with Crippen molar-refractivity contribution in [1.29, 1.82) is 0 Å². The number of hydrogen-bond acceptors (Lipinski definition) is 5. The summed E-state index contributed by atoms with van der Waals surface area (Å²) in [5, 5.41) is 12.5. The fourth-order valence-electron chi connectivity index (χ4n) is 3.95. The largest absolute Gasteiger partial charge is 0.351 e. The molecule has 1 amide bonds. The quantitative estimate of drug-likeness (QED) is 0.363. The van der Waals surface area contributed by atoms with Crippen LogP contribution in [0, 0.1) is 19.7 Å². The molecule has 2 heterocycles.